The van der Waals surface area contributed by atoms with Crippen molar-refractivity contribution in [2.24, 2.45) is 5.92 Å². The minimum absolute atomic E-state index is 0.119. The Balaban J connectivity index is 2.07. The van der Waals surface area contributed by atoms with E-state index in [1.54, 1.807) is 0 Å². The zero-order valence-corrected chi connectivity index (χ0v) is 14.3. The maximum absolute atomic E-state index is 9.34. The summed E-state index contributed by atoms with van der Waals surface area (Å²) in [5.41, 5.74) is 3.13. The van der Waals surface area contributed by atoms with Gasteiger partial charge >= 0.3 is 0 Å². The zero-order chi connectivity index (χ0) is 16.0. The highest BCUT2D eigenvalue weighted by Crippen LogP contribution is 2.40. The molecule has 1 aromatic heterocycles. The van der Waals surface area contributed by atoms with E-state index < -0.39 is 0 Å². The molecule has 3 heteroatoms. The number of fused-ring (bicyclic) bond motifs is 3. The van der Waals surface area contributed by atoms with Crippen molar-refractivity contribution in [2.45, 2.75) is 13.0 Å². The summed E-state index contributed by atoms with van der Waals surface area (Å²) in [6, 6.07) is 19.4. The Morgan fingerprint density at radius 1 is 1.00 bits per heavy atom. The van der Waals surface area contributed by atoms with Crippen LogP contribution >= 0.6 is 15.9 Å². The third-order valence-electron chi connectivity index (χ3n) is 4.64. The standard InChI is InChI=1S/C20H15BrN2/c1-13-17(21)10-14(12-22)11-20(13)23-18-8-4-2-6-15(18)16-7-3-5-9-19(16)23/h2-11,13,20H,1H3. The van der Waals surface area contributed by atoms with Crippen LogP contribution < -0.4 is 0 Å². The van der Waals surface area contributed by atoms with E-state index in [0.717, 1.165) is 4.48 Å². The Labute approximate surface area is 143 Å². The summed E-state index contributed by atoms with van der Waals surface area (Å²) >= 11 is 3.64. The highest BCUT2D eigenvalue weighted by molar-refractivity contribution is 9.11. The number of hydrogen-bond acceptors (Lipinski definition) is 1. The lowest BCUT2D eigenvalue weighted by Gasteiger charge is -2.27. The smallest absolute Gasteiger partial charge is 0.0989 e. The topological polar surface area (TPSA) is 28.7 Å². The molecule has 2 aromatic carbocycles. The molecule has 0 N–H and O–H groups in total. The predicted octanol–water partition coefficient (Wildman–Crippen LogP) is 5.71. The Bertz CT molecular complexity index is 964. The van der Waals surface area contributed by atoms with Crippen LogP contribution in [0.15, 0.2) is 70.7 Å². The molecule has 2 atom stereocenters. The Hall–Kier alpha value is -2.31. The summed E-state index contributed by atoms with van der Waals surface area (Å²) < 4.78 is 3.43. The number of hydrogen-bond donors (Lipinski definition) is 0. The quantitative estimate of drug-likeness (QED) is 0.544. The normalized spacial score (nSPS) is 21.1. The molecule has 0 spiro atoms. The molecular weight excluding hydrogens is 348 g/mol. The molecule has 23 heavy (non-hydrogen) atoms. The largest absolute Gasteiger partial charge is 0.333 e. The van der Waals surface area contributed by atoms with Crippen molar-refractivity contribution in [3.05, 3.63) is 70.7 Å². The summed E-state index contributed by atoms with van der Waals surface area (Å²) in [6.07, 6.45) is 4.00. The molecule has 0 radical (unpaired) electrons. The second-order valence-corrected chi connectivity index (χ2v) is 6.86. The number of benzene rings is 2. The molecule has 0 fully saturated rings. The van der Waals surface area contributed by atoms with Crippen molar-refractivity contribution < 1.29 is 0 Å². The molecule has 1 aliphatic carbocycles. The summed E-state index contributed by atoms with van der Waals surface area (Å²) in [5, 5.41) is 11.9. The number of rotatable bonds is 1. The van der Waals surface area contributed by atoms with E-state index in [9.17, 15) is 5.26 Å². The third-order valence-corrected chi connectivity index (χ3v) is 5.59. The van der Waals surface area contributed by atoms with Crippen LogP contribution in [0, 0.1) is 17.2 Å². The summed E-state index contributed by atoms with van der Waals surface area (Å²) in [7, 11) is 0. The Morgan fingerprint density at radius 2 is 1.57 bits per heavy atom. The fourth-order valence-corrected chi connectivity index (χ4v) is 3.98. The lowest BCUT2D eigenvalue weighted by molar-refractivity contribution is 0.503. The molecule has 3 aromatic rings. The Kier molecular flexibility index (Phi) is 3.36. The zero-order valence-electron chi connectivity index (χ0n) is 12.7. The van der Waals surface area contributed by atoms with E-state index in [2.05, 4.69) is 88.1 Å². The van der Waals surface area contributed by atoms with Gasteiger partial charge in [-0.15, -0.1) is 0 Å². The van der Waals surface area contributed by atoms with Crippen LogP contribution in [-0.4, -0.2) is 4.57 Å². The van der Waals surface area contributed by atoms with Crippen molar-refractivity contribution in [3.63, 3.8) is 0 Å². The molecule has 2 unspecified atom stereocenters. The molecule has 0 aliphatic heterocycles. The fraction of sp³-hybridized carbons (Fsp3) is 0.150. The second-order valence-electron chi connectivity index (χ2n) is 5.95. The maximum atomic E-state index is 9.34. The van der Waals surface area contributed by atoms with Gasteiger partial charge < -0.3 is 4.57 Å². The lowest BCUT2D eigenvalue weighted by atomic mass is 9.93. The van der Waals surface area contributed by atoms with Gasteiger partial charge in [-0.25, -0.2) is 0 Å². The molecular formula is C20H15BrN2. The van der Waals surface area contributed by atoms with E-state index in [-0.39, 0.29) is 12.0 Å². The number of nitrogens with zero attached hydrogens (tertiary/aromatic N) is 2. The molecule has 2 nitrogen and oxygen atoms in total. The monoisotopic (exact) mass is 362 g/mol. The molecule has 0 amide bonds. The van der Waals surface area contributed by atoms with Gasteiger partial charge in [0, 0.05) is 32.2 Å². The highest BCUT2D eigenvalue weighted by Gasteiger charge is 2.26. The first-order valence-corrected chi connectivity index (χ1v) is 8.46. The molecule has 112 valence electrons. The predicted molar refractivity (Wildman–Crippen MR) is 98.4 cm³/mol. The van der Waals surface area contributed by atoms with Gasteiger partial charge in [0.15, 0.2) is 0 Å². The first kappa shape index (κ1) is 14.3. The van der Waals surface area contributed by atoms with Crippen LogP contribution in [0.3, 0.4) is 0 Å². The van der Waals surface area contributed by atoms with Crippen LogP contribution in [-0.2, 0) is 0 Å². The van der Waals surface area contributed by atoms with E-state index in [0.29, 0.717) is 5.57 Å². The number of nitriles is 1. The summed E-state index contributed by atoms with van der Waals surface area (Å²) in [6.45, 7) is 2.19. The minimum atomic E-state index is 0.119. The van der Waals surface area contributed by atoms with Crippen molar-refractivity contribution in [3.8, 4) is 6.07 Å². The van der Waals surface area contributed by atoms with Gasteiger partial charge in [0.2, 0.25) is 0 Å². The SMILES string of the molecule is CC1C(Br)=CC(C#N)=CC1n1c2ccccc2c2ccccc21. The van der Waals surface area contributed by atoms with Crippen LogP contribution in [0.5, 0.6) is 0 Å². The summed E-state index contributed by atoms with van der Waals surface area (Å²) in [5.74, 6) is 0.284. The van der Waals surface area contributed by atoms with E-state index in [1.807, 2.05) is 6.08 Å². The van der Waals surface area contributed by atoms with E-state index in [1.165, 1.54) is 21.8 Å². The number of para-hydroxylation sites is 2. The van der Waals surface area contributed by atoms with Crippen molar-refractivity contribution >= 4 is 37.7 Å². The van der Waals surface area contributed by atoms with E-state index in [4.69, 9.17) is 0 Å². The first-order valence-electron chi connectivity index (χ1n) is 7.67. The Morgan fingerprint density at radius 3 is 2.13 bits per heavy atom. The molecule has 4 rings (SSSR count). The molecule has 0 saturated carbocycles. The van der Waals surface area contributed by atoms with Gasteiger partial charge in [-0.05, 0) is 24.3 Å². The molecule has 1 aliphatic rings. The van der Waals surface area contributed by atoms with Gasteiger partial charge in [-0.1, -0.05) is 59.3 Å². The van der Waals surface area contributed by atoms with Gasteiger partial charge in [0.1, 0.15) is 0 Å². The minimum Gasteiger partial charge on any atom is -0.333 e. The van der Waals surface area contributed by atoms with Gasteiger partial charge in [-0.2, -0.15) is 5.26 Å². The number of halogens is 1. The van der Waals surface area contributed by atoms with Crippen molar-refractivity contribution in [1.29, 1.82) is 5.26 Å². The van der Waals surface area contributed by atoms with Crippen LogP contribution in [0.25, 0.3) is 21.8 Å². The second kappa shape index (κ2) is 5.40. The molecule has 0 saturated heterocycles. The lowest BCUT2D eigenvalue weighted by Crippen LogP contribution is -2.18. The van der Waals surface area contributed by atoms with Crippen molar-refractivity contribution in [1.82, 2.24) is 4.57 Å². The van der Waals surface area contributed by atoms with Crippen LogP contribution in [0.2, 0.25) is 0 Å². The van der Waals surface area contributed by atoms with Gasteiger partial charge in [0.25, 0.3) is 0 Å². The van der Waals surface area contributed by atoms with Gasteiger partial charge in [-0.3, -0.25) is 0 Å². The van der Waals surface area contributed by atoms with Crippen LogP contribution in [0.4, 0.5) is 0 Å². The summed E-state index contributed by atoms with van der Waals surface area (Å²) in [4.78, 5) is 0. The maximum Gasteiger partial charge on any atom is 0.0989 e. The first-order chi connectivity index (χ1) is 11.2. The van der Waals surface area contributed by atoms with E-state index >= 15 is 0 Å². The fourth-order valence-electron chi connectivity index (χ4n) is 3.46. The highest BCUT2D eigenvalue weighted by atomic mass is 79.9. The number of allylic oxidation sites excluding steroid dienone is 4. The average molecular weight is 363 g/mol. The third kappa shape index (κ3) is 2.14. The average Bonchev–Trinajstić information content (AvgIpc) is 2.92. The number of aromatic nitrogens is 1. The van der Waals surface area contributed by atoms with Gasteiger partial charge in [0.05, 0.1) is 17.7 Å². The van der Waals surface area contributed by atoms with Crippen LogP contribution in [0.1, 0.15) is 13.0 Å². The molecule has 1 heterocycles. The molecule has 0 bridgehead atoms. The van der Waals surface area contributed by atoms with Crippen molar-refractivity contribution in [2.75, 3.05) is 0 Å².